The molecule has 0 aromatic rings. The molecular formula is C3H7Br2O3P. The van der Waals surface area contributed by atoms with E-state index in [1.165, 1.54) is 0 Å². The van der Waals surface area contributed by atoms with Gasteiger partial charge in [0.2, 0.25) is 0 Å². The molecule has 0 fully saturated rings. The van der Waals surface area contributed by atoms with Crippen molar-refractivity contribution in [3.05, 3.63) is 0 Å². The first kappa shape index (κ1) is 10.3. The molecule has 2 N–H and O–H groups in total. The Balaban J connectivity index is 2.91. The smallest absolute Gasteiger partial charge is 0.327 e. The highest BCUT2D eigenvalue weighted by molar-refractivity contribution is 9.24. The second kappa shape index (κ2) is 6.01. The average molecular weight is 282 g/mol. The van der Waals surface area contributed by atoms with Gasteiger partial charge in [-0.05, 0) is 6.42 Å². The Hall–Kier alpha value is 1.27. The van der Waals surface area contributed by atoms with Crippen molar-refractivity contribution in [3.63, 3.8) is 0 Å². The van der Waals surface area contributed by atoms with Gasteiger partial charge in [0.05, 0.1) is 10.3 Å². The van der Waals surface area contributed by atoms with Crippen LogP contribution in [-0.2, 0) is 4.52 Å². The SMILES string of the molecule is OP(O)OCCC(Br)Br. The molecule has 6 heteroatoms. The lowest BCUT2D eigenvalue weighted by Gasteiger charge is -2.02. The molecule has 0 aromatic heterocycles. The Kier molecular flexibility index (Phi) is 6.86. The monoisotopic (exact) mass is 280 g/mol. The molecular weight excluding hydrogens is 275 g/mol. The Morgan fingerprint density at radius 1 is 1.44 bits per heavy atom. The van der Waals surface area contributed by atoms with Crippen LogP contribution in [-0.4, -0.2) is 20.1 Å². The Morgan fingerprint density at radius 2 is 2.00 bits per heavy atom. The predicted molar refractivity (Wildman–Crippen MR) is 43.6 cm³/mol. The third-order valence-electron chi connectivity index (χ3n) is 0.543. The maximum atomic E-state index is 8.23. The zero-order chi connectivity index (χ0) is 7.28. The van der Waals surface area contributed by atoms with E-state index in [9.17, 15) is 0 Å². The summed E-state index contributed by atoms with van der Waals surface area (Å²) in [6, 6.07) is 0. The van der Waals surface area contributed by atoms with Crippen molar-refractivity contribution in [1.82, 2.24) is 0 Å². The van der Waals surface area contributed by atoms with Gasteiger partial charge in [0, 0.05) is 0 Å². The topological polar surface area (TPSA) is 49.7 Å². The second-order valence-corrected chi connectivity index (χ2v) is 5.47. The van der Waals surface area contributed by atoms with Crippen LogP contribution in [0.4, 0.5) is 0 Å². The maximum absolute atomic E-state index is 8.23. The van der Waals surface area contributed by atoms with Crippen LogP contribution in [0.1, 0.15) is 6.42 Å². The zero-order valence-corrected chi connectivity index (χ0v) is 8.56. The highest BCUT2D eigenvalue weighted by atomic mass is 79.9. The van der Waals surface area contributed by atoms with E-state index in [1.807, 2.05) is 0 Å². The van der Waals surface area contributed by atoms with Gasteiger partial charge in [0.25, 0.3) is 0 Å². The van der Waals surface area contributed by atoms with E-state index in [2.05, 4.69) is 36.4 Å². The second-order valence-electron chi connectivity index (χ2n) is 1.27. The molecule has 0 rings (SSSR count). The molecule has 0 aliphatic heterocycles. The summed E-state index contributed by atoms with van der Waals surface area (Å²) in [6.07, 6.45) is 0.708. The van der Waals surface area contributed by atoms with Crippen LogP contribution in [0.15, 0.2) is 0 Å². The van der Waals surface area contributed by atoms with E-state index >= 15 is 0 Å². The van der Waals surface area contributed by atoms with Gasteiger partial charge >= 0.3 is 8.60 Å². The van der Waals surface area contributed by atoms with Crippen LogP contribution in [0.5, 0.6) is 0 Å². The highest BCUT2D eigenvalue weighted by Gasteiger charge is 2.01. The van der Waals surface area contributed by atoms with Gasteiger partial charge in [-0.15, -0.1) is 0 Å². The van der Waals surface area contributed by atoms with Crippen molar-refractivity contribution in [1.29, 1.82) is 0 Å². The predicted octanol–water partition coefficient (Wildman–Crippen LogP) is 1.72. The summed E-state index contributed by atoms with van der Waals surface area (Å²) in [5.74, 6) is 0. The van der Waals surface area contributed by atoms with Gasteiger partial charge in [-0.3, -0.25) is 0 Å². The van der Waals surface area contributed by atoms with Gasteiger partial charge in [-0.2, -0.15) is 0 Å². The molecule has 0 saturated heterocycles. The summed E-state index contributed by atoms with van der Waals surface area (Å²) in [4.78, 5) is 16.5. The van der Waals surface area contributed by atoms with Crippen molar-refractivity contribution >= 4 is 40.5 Å². The van der Waals surface area contributed by atoms with Crippen LogP contribution in [0.3, 0.4) is 0 Å². The first-order chi connectivity index (χ1) is 4.13. The van der Waals surface area contributed by atoms with Crippen LogP contribution < -0.4 is 0 Å². The minimum atomic E-state index is -2.17. The Labute approximate surface area is 71.7 Å². The van der Waals surface area contributed by atoms with Crippen LogP contribution >= 0.6 is 40.5 Å². The summed E-state index contributed by atoms with van der Waals surface area (Å²) in [7, 11) is -2.17. The van der Waals surface area contributed by atoms with Crippen molar-refractivity contribution in [2.75, 3.05) is 6.61 Å². The van der Waals surface area contributed by atoms with Crippen molar-refractivity contribution in [2.24, 2.45) is 0 Å². The number of hydrogen-bond acceptors (Lipinski definition) is 3. The van der Waals surface area contributed by atoms with Gasteiger partial charge in [-0.25, -0.2) is 0 Å². The van der Waals surface area contributed by atoms with Crippen LogP contribution in [0.25, 0.3) is 0 Å². The van der Waals surface area contributed by atoms with E-state index < -0.39 is 8.60 Å². The molecule has 0 spiro atoms. The molecule has 0 unspecified atom stereocenters. The van der Waals surface area contributed by atoms with Crippen molar-refractivity contribution in [3.8, 4) is 0 Å². The molecule has 0 aliphatic rings. The van der Waals surface area contributed by atoms with Crippen molar-refractivity contribution < 1.29 is 14.3 Å². The highest BCUT2D eigenvalue weighted by Crippen LogP contribution is 2.25. The molecule has 3 nitrogen and oxygen atoms in total. The summed E-state index contributed by atoms with van der Waals surface area (Å²) in [6.45, 7) is 0.347. The molecule has 0 saturated carbocycles. The normalized spacial score (nSPS) is 11.3. The summed E-state index contributed by atoms with van der Waals surface area (Å²) >= 11 is 6.41. The molecule has 0 bridgehead atoms. The first-order valence-electron chi connectivity index (χ1n) is 2.22. The fraction of sp³-hybridized carbons (Fsp3) is 1.00. The first-order valence-corrected chi connectivity index (χ1v) is 5.21. The molecule has 56 valence electrons. The lowest BCUT2D eigenvalue weighted by molar-refractivity contribution is 0.255. The Morgan fingerprint density at radius 3 is 2.33 bits per heavy atom. The van der Waals surface area contributed by atoms with Gasteiger partial charge in [0.15, 0.2) is 0 Å². The summed E-state index contributed by atoms with van der Waals surface area (Å²) in [5, 5.41) is 0. The fourth-order valence-corrected chi connectivity index (χ4v) is 0.866. The molecule has 0 amide bonds. The quantitative estimate of drug-likeness (QED) is 0.609. The summed E-state index contributed by atoms with van der Waals surface area (Å²) < 4.78 is 4.65. The minimum Gasteiger partial charge on any atom is -0.328 e. The van der Waals surface area contributed by atoms with Crippen molar-refractivity contribution in [2.45, 2.75) is 10.2 Å². The third-order valence-corrected chi connectivity index (χ3v) is 1.87. The lowest BCUT2D eigenvalue weighted by Crippen LogP contribution is -1.93. The standard InChI is InChI=1S/C3H7Br2O3P/c4-3(5)1-2-8-9(6)7/h3,6-7H,1-2H2. The summed E-state index contributed by atoms with van der Waals surface area (Å²) in [5.41, 5.74) is 0. The number of alkyl halides is 2. The minimum absolute atomic E-state index is 0.181. The third kappa shape index (κ3) is 9.27. The van der Waals surface area contributed by atoms with Crippen LogP contribution in [0.2, 0.25) is 0 Å². The van der Waals surface area contributed by atoms with Gasteiger partial charge in [0.1, 0.15) is 0 Å². The molecule has 0 atom stereocenters. The molecule has 0 radical (unpaired) electrons. The number of rotatable bonds is 4. The molecule has 9 heavy (non-hydrogen) atoms. The van der Waals surface area contributed by atoms with E-state index in [0.29, 0.717) is 13.0 Å². The van der Waals surface area contributed by atoms with Gasteiger partial charge in [-0.1, -0.05) is 31.9 Å². The maximum Gasteiger partial charge on any atom is 0.327 e. The largest absolute Gasteiger partial charge is 0.328 e. The van der Waals surface area contributed by atoms with Gasteiger partial charge < -0.3 is 14.3 Å². The molecule has 0 aliphatic carbocycles. The van der Waals surface area contributed by atoms with E-state index in [1.54, 1.807) is 0 Å². The van der Waals surface area contributed by atoms with E-state index in [0.717, 1.165) is 0 Å². The van der Waals surface area contributed by atoms with E-state index in [-0.39, 0.29) is 3.74 Å². The lowest BCUT2D eigenvalue weighted by atomic mass is 10.5. The van der Waals surface area contributed by atoms with Crippen LogP contribution in [0, 0.1) is 0 Å². The zero-order valence-electron chi connectivity index (χ0n) is 4.50. The number of hydrogen-bond donors (Lipinski definition) is 2. The fourth-order valence-electron chi connectivity index (χ4n) is 0.223. The van der Waals surface area contributed by atoms with E-state index in [4.69, 9.17) is 9.79 Å². The molecule has 0 aromatic carbocycles. The number of halogens is 2. The Bertz CT molecular complexity index is 62.1. The molecule has 0 heterocycles. The average Bonchev–Trinajstić information content (AvgIpc) is 1.63.